The van der Waals surface area contributed by atoms with Crippen molar-refractivity contribution in [3.8, 4) is 0 Å². The SMILES string of the molecule is O=C(O)CC=Cc1c[nH]c(C(=O)O)c1. The molecule has 1 aromatic heterocycles. The van der Waals surface area contributed by atoms with E-state index in [0.29, 0.717) is 5.56 Å². The lowest BCUT2D eigenvalue weighted by molar-refractivity contribution is -0.135. The summed E-state index contributed by atoms with van der Waals surface area (Å²) in [4.78, 5) is 23.1. The maximum absolute atomic E-state index is 10.4. The molecule has 0 atom stereocenters. The van der Waals surface area contributed by atoms with E-state index in [4.69, 9.17) is 10.2 Å². The molecule has 0 aromatic carbocycles. The molecule has 0 radical (unpaired) electrons. The molecule has 74 valence electrons. The summed E-state index contributed by atoms with van der Waals surface area (Å²) < 4.78 is 0. The minimum Gasteiger partial charge on any atom is -0.481 e. The van der Waals surface area contributed by atoms with Crippen LogP contribution in [0.1, 0.15) is 22.5 Å². The average Bonchev–Trinajstić information content (AvgIpc) is 2.52. The van der Waals surface area contributed by atoms with Crippen LogP contribution in [0.2, 0.25) is 0 Å². The molecule has 1 heterocycles. The van der Waals surface area contributed by atoms with E-state index in [1.165, 1.54) is 18.3 Å². The van der Waals surface area contributed by atoms with E-state index < -0.39 is 11.9 Å². The van der Waals surface area contributed by atoms with Crippen LogP contribution in [0, 0.1) is 0 Å². The molecule has 14 heavy (non-hydrogen) atoms. The van der Waals surface area contributed by atoms with Crippen LogP contribution in [0.25, 0.3) is 6.08 Å². The summed E-state index contributed by atoms with van der Waals surface area (Å²) in [5.41, 5.74) is 0.726. The third-order valence-corrected chi connectivity index (χ3v) is 1.54. The molecule has 1 aromatic rings. The lowest BCUT2D eigenvalue weighted by Crippen LogP contribution is -1.94. The van der Waals surface area contributed by atoms with Gasteiger partial charge in [-0.15, -0.1) is 0 Å². The molecule has 0 unspecified atom stereocenters. The maximum atomic E-state index is 10.4. The Kier molecular flexibility index (Phi) is 3.06. The van der Waals surface area contributed by atoms with Crippen LogP contribution in [-0.4, -0.2) is 27.1 Å². The molecule has 0 aliphatic heterocycles. The van der Waals surface area contributed by atoms with Crippen molar-refractivity contribution in [2.45, 2.75) is 6.42 Å². The number of rotatable bonds is 4. The highest BCUT2D eigenvalue weighted by Gasteiger charge is 2.03. The number of carboxylic acid groups (broad SMARTS) is 2. The lowest BCUT2D eigenvalue weighted by Gasteiger charge is -1.84. The minimum absolute atomic E-state index is 0.0758. The first-order valence-corrected chi connectivity index (χ1v) is 3.89. The third-order valence-electron chi connectivity index (χ3n) is 1.54. The van der Waals surface area contributed by atoms with Crippen molar-refractivity contribution in [2.75, 3.05) is 0 Å². The summed E-state index contributed by atoms with van der Waals surface area (Å²) in [6.45, 7) is 0. The Balaban J connectivity index is 2.64. The maximum Gasteiger partial charge on any atom is 0.352 e. The molecule has 5 heteroatoms. The number of hydrogen-bond donors (Lipinski definition) is 3. The first kappa shape index (κ1) is 10.0. The Morgan fingerprint density at radius 1 is 1.43 bits per heavy atom. The molecule has 0 amide bonds. The molecule has 0 aliphatic rings. The molecule has 1 rings (SSSR count). The zero-order valence-corrected chi connectivity index (χ0v) is 7.23. The summed E-state index contributed by atoms with van der Waals surface area (Å²) in [5.74, 6) is -1.96. The topological polar surface area (TPSA) is 90.4 Å². The predicted octanol–water partition coefficient (Wildman–Crippen LogP) is 1.20. The van der Waals surface area contributed by atoms with E-state index in [2.05, 4.69) is 4.98 Å². The van der Waals surface area contributed by atoms with Gasteiger partial charge in [-0.05, 0) is 11.6 Å². The van der Waals surface area contributed by atoms with Crippen LogP contribution < -0.4 is 0 Å². The van der Waals surface area contributed by atoms with E-state index in [-0.39, 0.29) is 12.1 Å². The van der Waals surface area contributed by atoms with Crippen LogP contribution in [-0.2, 0) is 4.79 Å². The van der Waals surface area contributed by atoms with E-state index >= 15 is 0 Å². The standard InChI is InChI=1S/C9H9NO4/c11-8(12)3-1-2-6-4-7(9(13)14)10-5-6/h1-2,4-5,10H,3H2,(H,11,12)(H,13,14). The van der Waals surface area contributed by atoms with Gasteiger partial charge in [0.05, 0.1) is 6.42 Å². The van der Waals surface area contributed by atoms with Gasteiger partial charge in [0, 0.05) is 6.20 Å². The fourth-order valence-electron chi connectivity index (χ4n) is 0.927. The number of H-pyrrole nitrogens is 1. The number of hydrogen-bond acceptors (Lipinski definition) is 2. The van der Waals surface area contributed by atoms with Crippen molar-refractivity contribution in [1.82, 2.24) is 4.98 Å². The Bertz CT molecular complexity index is 378. The number of aliphatic carboxylic acids is 1. The van der Waals surface area contributed by atoms with E-state index in [1.54, 1.807) is 6.08 Å². The van der Waals surface area contributed by atoms with E-state index in [1.807, 2.05) is 0 Å². The number of carbonyl (C=O) groups is 2. The van der Waals surface area contributed by atoms with Crippen LogP contribution in [0.5, 0.6) is 0 Å². The third kappa shape index (κ3) is 2.78. The molecule has 0 saturated carbocycles. The lowest BCUT2D eigenvalue weighted by atomic mass is 10.2. The summed E-state index contributed by atoms with van der Waals surface area (Å²) in [5, 5.41) is 16.9. The van der Waals surface area contributed by atoms with Crippen molar-refractivity contribution in [1.29, 1.82) is 0 Å². The number of aromatic nitrogens is 1. The van der Waals surface area contributed by atoms with Crippen LogP contribution >= 0.6 is 0 Å². The molecule has 0 bridgehead atoms. The van der Waals surface area contributed by atoms with Crippen LogP contribution in [0.4, 0.5) is 0 Å². The predicted molar refractivity (Wildman–Crippen MR) is 49.0 cm³/mol. The molecular formula is C9H9NO4. The number of aromatic carboxylic acids is 1. The second-order valence-electron chi connectivity index (χ2n) is 2.65. The van der Waals surface area contributed by atoms with Crippen molar-refractivity contribution in [3.63, 3.8) is 0 Å². The highest BCUT2D eigenvalue weighted by Crippen LogP contribution is 2.05. The summed E-state index contributed by atoms with van der Waals surface area (Å²) in [6.07, 6.45) is 4.43. The normalized spacial score (nSPS) is 10.6. The van der Waals surface area contributed by atoms with Gasteiger partial charge in [0.15, 0.2) is 0 Å². The van der Waals surface area contributed by atoms with E-state index in [0.717, 1.165) is 0 Å². The van der Waals surface area contributed by atoms with Crippen molar-refractivity contribution in [2.24, 2.45) is 0 Å². The molecule has 0 fully saturated rings. The fourth-order valence-corrected chi connectivity index (χ4v) is 0.927. The van der Waals surface area contributed by atoms with Gasteiger partial charge in [-0.1, -0.05) is 12.2 Å². The van der Waals surface area contributed by atoms with Crippen LogP contribution in [0.15, 0.2) is 18.3 Å². The van der Waals surface area contributed by atoms with Gasteiger partial charge < -0.3 is 15.2 Å². The number of aromatic amines is 1. The summed E-state index contributed by atoms with van der Waals surface area (Å²) in [6, 6.07) is 1.43. The Labute approximate surface area is 79.7 Å². The zero-order valence-electron chi connectivity index (χ0n) is 7.23. The second-order valence-corrected chi connectivity index (χ2v) is 2.65. The summed E-state index contributed by atoms with van der Waals surface area (Å²) in [7, 11) is 0. The molecule has 0 aliphatic carbocycles. The average molecular weight is 195 g/mol. The molecule has 0 spiro atoms. The van der Waals surface area contributed by atoms with Gasteiger partial charge in [-0.25, -0.2) is 4.79 Å². The minimum atomic E-state index is -1.04. The molecule has 5 nitrogen and oxygen atoms in total. The number of nitrogens with one attached hydrogen (secondary N) is 1. The smallest absolute Gasteiger partial charge is 0.352 e. The molecular weight excluding hydrogens is 186 g/mol. The van der Waals surface area contributed by atoms with Crippen molar-refractivity contribution in [3.05, 3.63) is 29.6 Å². The van der Waals surface area contributed by atoms with Gasteiger partial charge in [0.25, 0.3) is 0 Å². The molecule has 3 N–H and O–H groups in total. The Morgan fingerprint density at radius 3 is 2.64 bits per heavy atom. The first-order chi connectivity index (χ1) is 6.59. The van der Waals surface area contributed by atoms with Gasteiger partial charge in [-0.3, -0.25) is 4.79 Å². The highest BCUT2D eigenvalue weighted by molar-refractivity contribution is 5.86. The van der Waals surface area contributed by atoms with E-state index in [9.17, 15) is 9.59 Å². The van der Waals surface area contributed by atoms with Gasteiger partial charge in [0.1, 0.15) is 5.69 Å². The summed E-state index contributed by atoms with van der Waals surface area (Å²) >= 11 is 0. The van der Waals surface area contributed by atoms with Crippen molar-refractivity contribution >= 4 is 18.0 Å². The Hall–Kier alpha value is -2.04. The monoisotopic (exact) mass is 195 g/mol. The van der Waals surface area contributed by atoms with Gasteiger partial charge >= 0.3 is 11.9 Å². The Morgan fingerprint density at radius 2 is 2.14 bits per heavy atom. The second kappa shape index (κ2) is 4.27. The quantitative estimate of drug-likeness (QED) is 0.673. The molecule has 0 saturated heterocycles. The zero-order chi connectivity index (χ0) is 10.6. The van der Waals surface area contributed by atoms with Gasteiger partial charge in [-0.2, -0.15) is 0 Å². The fraction of sp³-hybridized carbons (Fsp3) is 0.111. The van der Waals surface area contributed by atoms with Gasteiger partial charge in [0.2, 0.25) is 0 Å². The van der Waals surface area contributed by atoms with Crippen molar-refractivity contribution < 1.29 is 19.8 Å². The first-order valence-electron chi connectivity index (χ1n) is 3.89. The number of carboxylic acids is 2. The van der Waals surface area contributed by atoms with Crippen LogP contribution in [0.3, 0.4) is 0 Å². The largest absolute Gasteiger partial charge is 0.481 e. The highest BCUT2D eigenvalue weighted by atomic mass is 16.4.